The normalized spacial score (nSPS) is 32.2. The van der Waals surface area contributed by atoms with E-state index in [-0.39, 0.29) is 35.7 Å². The number of benzene rings is 2. The number of rotatable bonds is 15. The largest absolute Gasteiger partial charge is 0.394 e. The highest BCUT2D eigenvalue weighted by molar-refractivity contribution is 6.15. The molecule has 0 saturated heterocycles. The van der Waals surface area contributed by atoms with Crippen LogP contribution >= 0.6 is 0 Å². The Labute approximate surface area is 353 Å². The summed E-state index contributed by atoms with van der Waals surface area (Å²) in [5, 5.41) is 18.0. The second-order valence-corrected chi connectivity index (χ2v) is 20.7. The van der Waals surface area contributed by atoms with E-state index in [0.29, 0.717) is 61.3 Å². The number of amides is 2. The maximum Gasteiger partial charge on any atom is 0.239 e. The van der Waals surface area contributed by atoms with E-state index in [1.807, 2.05) is 24.3 Å². The van der Waals surface area contributed by atoms with Crippen molar-refractivity contribution in [1.82, 2.24) is 9.97 Å². The summed E-state index contributed by atoms with van der Waals surface area (Å²) in [6, 6.07) is 21.1. The molecule has 0 unspecified atom stereocenters. The number of nitrogens with one attached hydrogen (secondary N) is 2. The third-order valence-electron chi connectivity index (χ3n) is 17.0. The number of primary amides is 1. The average molecular weight is 811 g/mol. The van der Waals surface area contributed by atoms with Crippen LogP contribution in [-0.4, -0.2) is 59.3 Å². The van der Waals surface area contributed by atoms with Crippen molar-refractivity contribution in [3.63, 3.8) is 0 Å². The summed E-state index contributed by atoms with van der Waals surface area (Å²) < 4.78 is 5.50. The van der Waals surface area contributed by atoms with Gasteiger partial charge in [-0.3, -0.25) is 14.5 Å². The number of hydrogen-bond acceptors (Lipinski definition) is 8. The van der Waals surface area contributed by atoms with E-state index < -0.39 is 5.41 Å². The number of anilines is 4. The molecular weight excluding hydrogens is 749 g/mol. The molecule has 8 bridgehead atoms. The van der Waals surface area contributed by atoms with Gasteiger partial charge in [-0.15, -0.1) is 0 Å². The lowest BCUT2D eigenvalue weighted by atomic mass is 9.32. The molecule has 10 nitrogen and oxygen atoms in total. The number of carbonyl (C=O) groups is 2. The molecule has 0 aliphatic heterocycles. The molecular formula is C50H62N6O4. The van der Waals surface area contributed by atoms with Crippen LogP contribution in [0.2, 0.25) is 0 Å². The van der Waals surface area contributed by atoms with Crippen molar-refractivity contribution in [3.05, 3.63) is 60.7 Å². The van der Waals surface area contributed by atoms with Crippen LogP contribution in [0.4, 0.5) is 23.0 Å². The topological polar surface area (TPSA) is 143 Å². The van der Waals surface area contributed by atoms with Gasteiger partial charge in [0.25, 0.3) is 0 Å². The molecule has 0 atom stereocenters. The fourth-order valence-corrected chi connectivity index (χ4v) is 15.6. The highest BCUT2D eigenvalue weighted by atomic mass is 16.5. The zero-order valence-corrected chi connectivity index (χ0v) is 35.0. The summed E-state index contributed by atoms with van der Waals surface area (Å²) in [5.74, 6) is 4.93. The first-order valence-corrected chi connectivity index (χ1v) is 23.4. The molecule has 9 saturated carbocycles. The first kappa shape index (κ1) is 38.6. The molecule has 9 aliphatic rings. The molecule has 9 aliphatic carbocycles. The van der Waals surface area contributed by atoms with Crippen LogP contribution in [0, 0.1) is 51.8 Å². The molecule has 0 radical (unpaired) electrons. The molecule has 10 heteroatoms. The number of aliphatic hydroxyl groups excluding tert-OH is 1. The first-order valence-electron chi connectivity index (χ1n) is 23.4. The number of fused-ring (bicyclic) bond motifs is 2. The third kappa shape index (κ3) is 6.32. The minimum absolute atomic E-state index is 0.00996. The van der Waals surface area contributed by atoms with E-state index in [0.717, 1.165) is 96.2 Å². The van der Waals surface area contributed by atoms with Gasteiger partial charge < -0.3 is 26.2 Å². The van der Waals surface area contributed by atoms with Crippen LogP contribution in [0.25, 0.3) is 21.8 Å². The van der Waals surface area contributed by atoms with Crippen LogP contribution in [-0.2, 0) is 14.3 Å². The van der Waals surface area contributed by atoms with Gasteiger partial charge in [-0.25, -0.2) is 9.97 Å². The lowest BCUT2D eigenvalue weighted by molar-refractivity contribution is -0.226. The fourth-order valence-electron chi connectivity index (χ4n) is 15.6. The predicted octanol–water partition coefficient (Wildman–Crippen LogP) is 9.13. The van der Waals surface area contributed by atoms with Crippen molar-refractivity contribution in [3.8, 4) is 0 Å². The van der Waals surface area contributed by atoms with Gasteiger partial charge in [0, 0.05) is 29.8 Å². The minimum atomic E-state index is -0.954. The van der Waals surface area contributed by atoms with Crippen molar-refractivity contribution in [2.45, 2.75) is 109 Å². The Bertz CT molecular complexity index is 2190. The number of hydrogen-bond donors (Lipinski definition) is 4. The van der Waals surface area contributed by atoms with Crippen LogP contribution in [0.5, 0.6) is 0 Å². The molecule has 0 spiro atoms. The van der Waals surface area contributed by atoms with E-state index in [2.05, 4.69) is 51.9 Å². The number of nitrogens with two attached hydrogens (primary N) is 1. The van der Waals surface area contributed by atoms with E-state index >= 15 is 4.79 Å². The molecule has 4 aromatic rings. The SMILES string of the molecule is NC(=O)CC(C(=O)N(c1cccc2nc(NCCOCCO)ccc12)c1cccc2nc(NC3CCC3)ccc12)(C12CC3CC(CC(C3)C1)C2)C12CC3CC(CC(C3)C1)C2. The Morgan fingerprint density at radius 2 is 1.22 bits per heavy atom. The van der Waals surface area contributed by atoms with E-state index in [1.165, 1.54) is 44.9 Å². The fraction of sp³-hybridized carbons (Fsp3) is 0.600. The van der Waals surface area contributed by atoms with Crippen molar-refractivity contribution < 1.29 is 19.4 Å². The van der Waals surface area contributed by atoms with Crippen LogP contribution in [0.15, 0.2) is 60.7 Å². The summed E-state index contributed by atoms with van der Waals surface area (Å²) in [5.41, 5.74) is 8.28. The Balaban J connectivity index is 1.11. The Kier molecular flexibility index (Phi) is 9.64. The third-order valence-corrected chi connectivity index (χ3v) is 17.0. The lowest BCUT2D eigenvalue weighted by Crippen LogP contribution is -2.70. The van der Waals surface area contributed by atoms with Crippen molar-refractivity contribution in [2.75, 3.05) is 41.9 Å². The van der Waals surface area contributed by atoms with Gasteiger partial charge in [-0.1, -0.05) is 12.1 Å². The van der Waals surface area contributed by atoms with Gasteiger partial charge in [0.05, 0.1) is 47.6 Å². The molecule has 316 valence electrons. The highest BCUT2D eigenvalue weighted by Gasteiger charge is 2.74. The second kappa shape index (κ2) is 15.0. The van der Waals surface area contributed by atoms with Crippen molar-refractivity contribution >= 4 is 56.6 Å². The monoisotopic (exact) mass is 810 g/mol. The first-order chi connectivity index (χ1) is 29.2. The van der Waals surface area contributed by atoms with Gasteiger partial charge in [-0.05, 0) is 191 Å². The average Bonchev–Trinajstić information content (AvgIpc) is 3.20. The van der Waals surface area contributed by atoms with Crippen molar-refractivity contribution in [1.29, 1.82) is 0 Å². The van der Waals surface area contributed by atoms with Crippen LogP contribution < -0.4 is 21.3 Å². The Hall–Kier alpha value is -4.28. The van der Waals surface area contributed by atoms with Gasteiger partial charge in [-0.2, -0.15) is 0 Å². The maximum absolute atomic E-state index is 17.4. The maximum atomic E-state index is 17.4. The lowest BCUT2D eigenvalue weighted by Gasteiger charge is -2.72. The zero-order valence-electron chi connectivity index (χ0n) is 35.0. The Morgan fingerprint density at radius 1 is 0.717 bits per heavy atom. The highest BCUT2D eigenvalue weighted by Crippen LogP contribution is 2.77. The van der Waals surface area contributed by atoms with Gasteiger partial charge in [0.2, 0.25) is 11.8 Å². The molecule has 2 heterocycles. The second-order valence-electron chi connectivity index (χ2n) is 20.7. The zero-order chi connectivity index (χ0) is 40.6. The summed E-state index contributed by atoms with van der Waals surface area (Å²) >= 11 is 0. The molecule has 13 rings (SSSR count). The van der Waals surface area contributed by atoms with Gasteiger partial charge >= 0.3 is 0 Å². The summed E-state index contributed by atoms with van der Waals surface area (Å²) in [4.78, 5) is 43.9. The smallest absolute Gasteiger partial charge is 0.239 e. The van der Waals surface area contributed by atoms with E-state index in [9.17, 15) is 4.79 Å². The van der Waals surface area contributed by atoms with Gasteiger partial charge in [0.1, 0.15) is 11.6 Å². The number of aromatic nitrogens is 2. The number of nitrogens with zero attached hydrogens (tertiary/aromatic N) is 3. The van der Waals surface area contributed by atoms with E-state index in [4.69, 9.17) is 25.5 Å². The van der Waals surface area contributed by atoms with E-state index in [1.54, 1.807) is 0 Å². The van der Waals surface area contributed by atoms with Crippen LogP contribution in [0.3, 0.4) is 0 Å². The number of carbonyl (C=O) groups excluding carboxylic acids is 2. The van der Waals surface area contributed by atoms with Crippen molar-refractivity contribution in [2.24, 2.45) is 57.5 Å². The quantitative estimate of drug-likeness (QED) is 0.0872. The molecule has 2 aromatic carbocycles. The Morgan fingerprint density at radius 3 is 1.68 bits per heavy atom. The summed E-state index contributed by atoms with van der Waals surface area (Å²) in [7, 11) is 0. The molecule has 5 N–H and O–H groups in total. The molecule has 2 amide bonds. The molecule has 2 aromatic heterocycles. The summed E-state index contributed by atoms with van der Waals surface area (Å²) in [6.07, 6.45) is 17.4. The molecule has 9 fully saturated rings. The minimum Gasteiger partial charge on any atom is -0.394 e. The summed E-state index contributed by atoms with van der Waals surface area (Å²) in [6.45, 7) is 1.29. The van der Waals surface area contributed by atoms with Gasteiger partial charge in [0.15, 0.2) is 0 Å². The standard InChI is InChI=1S/C50H62N6O4/c51-44(58)30-50(48-24-31-18-32(25-48)20-33(19-31)26-48,49-27-34-21-35(28-49)23-36(22-34)29-49)47(59)56(43-9-3-7-41-39(43)11-13-46(55-41)53-37-4-1-5-37)42-8-2-6-40-38(42)10-12-45(54-40)52-14-16-60-17-15-57/h2-3,6-13,31-37,57H,1,4-5,14-30H2,(H2,51,58)(H,52,54)(H,53,55). The molecule has 60 heavy (non-hydrogen) atoms. The van der Waals surface area contributed by atoms with Crippen LogP contribution in [0.1, 0.15) is 103 Å². The number of ether oxygens (including phenoxy) is 1. The predicted molar refractivity (Wildman–Crippen MR) is 236 cm³/mol. The number of aliphatic hydroxyl groups is 1. The number of pyridine rings is 2.